The smallest absolute Gasteiger partial charge is 0.0819 e. The Hall–Kier alpha value is -2.79. The second kappa shape index (κ2) is 7.62. The van der Waals surface area contributed by atoms with Crippen LogP contribution in [-0.4, -0.2) is 34.1 Å². The van der Waals surface area contributed by atoms with Gasteiger partial charge in [-0.1, -0.05) is 30.3 Å². The summed E-state index contributed by atoms with van der Waals surface area (Å²) in [5, 5.41) is 17.9. The maximum absolute atomic E-state index is 9.74. The highest BCUT2D eigenvalue weighted by atomic mass is 16.3. The molecule has 2 heterocycles. The van der Waals surface area contributed by atoms with Gasteiger partial charge in [0.25, 0.3) is 0 Å². The van der Waals surface area contributed by atoms with E-state index in [1.807, 2.05) is 53.3 Å². The summed E-state index contributed by atoms with van der Waals surface area (Å²) in [6.45, 7) is 2.46. The Bertz CT molecular complexity index is 838. The first-order valence-corrected chi connectivity index (χ1v) is 9.15. The van der Waals surface area contributed by atoms with E-state index in [-0.39, 0.29) is 6.10 Å². The van der Waals surface area contributed by atoms with Crippen molar-refractivity contribution in [2.75, 3.05) is 23.3 Å². The van der Waals surface area contributed by atoms with Gasteiger partial charge in [0, 0.05) is 19.3 Å². The van der Waals surface area contributed by atoms with E-state index in [0.717, 1.165) is 43.0 Å². The van der Waals surface area contributed by atoms with Gasteiger partial charge in [-0.2, -0.15) is 5.10 Å². The largest absolute Gasteiger partial charge is 0.393 e. The van der Waals surface area contributed by atoms with E-state index < -0.39 is 0 Å². The Morgan fingerprint density at radius 2 is 1.69 bits per heavy atom. The van der Waals surface area contributed by atoms with Crippen molar-refractivity contribution in [2.24, 2.45) is 0 Å². The third kappa shape index (κ3) is 3.73. The van der Waals surface area contributed by atoms with Crippen LogP contribution in [0.4, 0.5) is 11.4 Å². The number of para-hydroxylation sites is 3. The number of rotatable bonds is 5. The highest BCUT2D eigenvalue weighted by molar-refractivity contribution is 5.70. The second-order valence-corrected chi connectivity index (χ2v) is 6.68. The van der Waals surface area contributed by atoms with E-state index in [1.165, 1.54) is 5.69 Å². The molecule has 0 radical (unpaired) electrons. The summed E-state index contributed by atoms with van der Waals surface area (Å²) in [4.78, 5) is 2.34. The molecule has 134 valence electrons. The highest BCUT2D eigenvalue weighted by Gasteiger charge is 2.19. The van der Waals surface area contributed by atoms with Gasteiger partial charge < -0.3 is 15.3 Å². The predicted molar refractivity (Wildman–Crippen MR) is 105 cm³/mol. The minimum absolute atomic E-state index is 0.159. The van der Waals surface area contributed by atoms with Crippen LogP contribution in [0.3, 0.4) is 0 Å². The van der Waals surface area contributed by atoms with Crippen molar-refractivity contribution >= 4 is 11.4 Å². The zero-order valence-corrected chi connectivity index (χ0v) is 14.8. The van der Waals surface area contributed by atoms with Crippen molar-refractivity contribution in [3.05, 3.63) is 72.6 Å². The van der Waals surface area contributed by atoms with E-state index in [2.05, 4.69) is 33.5 Å². The van der Waals surface area contributed by atoms with Gasteiger partial charge >= 0.3 is 0 Å². The van der Waals surface area contributed by atoms with Crippen molar-refractivity contribution in [3.63, 3.8) is 0 Å². The molecular weight excluding hydrogens is 324 g/mol. The monoisotopic (exact) mass is 348 g/mol. The fraction of sp³-hybridized carbons (Fsp3) is 0.286. The van der Waals surface area contributed by atoms with Crippen LogP contribution in [0.25, 0.3) is 5.69 Å². The Morgan fingerprint density at radius 3 is 2.50 bits per heavy atom. The fourth-order valence-electron chi connectivity index (χ4n) is 3.37. The lowest BCUT2D eigenvalue weighted by Gasteiger charge is -2.32. The lowest BCUT2D eigenvalue weighted by atomic mass is 10.1. The standard InChI is InChI=1S/C21H24N4O/c26-19-11-13-24(14-12-19)21-9-5-4-8-20(21)22-16-17-10-15-25(23-17)18-6-2-1-3-7-18/h1-10,15,19,22,26H,11-14,16H2. The number of hydrogen-bond donors (Lipinski definition) is 2. The number of nitrogens with one attached hydrogen (secondary N) is 1. The molecule has 1 aliphatic rings. The van der Waals surface area contributed by atoms with E-state index in [9.17, 15) is 5.11 Å². The normalized spacial score (nSPS) is 15.2. The molecule has 1 aromatic heterocycles. The number of benzene rings is 2. The average Bonchev–Trinajstić information content (AvgIpc) is 3.17. The molecule has 1 aliphatic heterocycles. The van der Waals surface area contributed by atoms with Crippen LogP contribution in [0.5, 0.6) is 0 Å². The molecule has 0 bridgehead atoms. The van der Waals surface area contributed by atoms with Gasteiger partial charge in [0.2, 0.25) is 0 Å². The summed E-state index contributed by atoms with van der Waals surface area (Å²) >= 11 is 0. The van der Waals surface area contributed by atoms with Gasteiger partial charge in [-0.15, -0.1) is 0 Å². The minimum Gasteiger partial charge on any atom is -0.393 e. The van der Waals surface area contributed by atoms with Crippen LogP contribution in [-0.2, 0) is 6.54 Å². The lowest BCUT2D eigenvalue weighted by molar-refractivity contribution is 0.145. The molecule has 5 nitrogen and oxygen atoms in total. The molecule has 0 unspecified atom stereocenters. The maximum Gasteiger partial charge on any atom is 0.0819 e. The minimum atomic E-state index is -0.159. The van der Waals surface area contributed by atoms with E-state index in [1.54, 1.807) is 0 Å². The van der Waals surface area contributed by atoms with Gasteiger partial charge in [0.15, 0.2) is 0 Å². The summed E-state index contributed by atoms with van der Waals surface area (Å²) in [5.74, 6) is 0. The molecule has 1 saturated heterocycles. The molecule has 3 aromatic rings. The van der Waals surface area contributed by atoms with Crippen molar-refractivity contribution in [1.82, 2.24) is 9.78 Å². The lowest BCUT2D eigenvalue weighted by Crippen LogP contribution is -2.36. The highest BCUT2D eigenvalue weighted by Crippen LogP contribution is 2.28. The van der Waals surface area contributed by atoms with E-state index in [0.29, 0.717) is 6.54 Å². The average molecular weight is 348 g/mol. The second-order valence-electron chi connectivity index (χ2n) is 6.68. The molecule has 1 fully saturated rings. The first-order valence-electron chi connectivity index (χ1n) is 9.15. The number of piperidine rings is 1. The maximum atomic E-state index is 9.74. The van der Waals surface area contributed by atoms with Crippen molar-refractivity contribution in [3.8, 4) is 5.69 Å². The Labute approximate surface area is 153 Å². The van der Waals surface area contributed by atoms with Crippen LogP contribution in [0, 0.1) is 0 Å². The fourth-order valence-corrected chi connectivity index (χ4v) is 3.37. The molecule has 0 amide bonds. The molecule has 0 saturated carbocycles. The zero-order chi connectivity index (χ0) is 17.8. The van der Waals surface area contributed by atoms with Crippen molar-refractivity contribution < 1.29 is 5.11 Å². The van der Waals surface area contributed by atoms with Gasteiger partial charge in [0.1, 0.15) is 0 Å². The summed E-state index contributed by atoms with van der Waals surface area (Å²) in [6, 6.07) is 20.5. The van der Waals surface area contributed by atoms with Crippen LogP contribution < -0.4 is 10.2 Å². The predicted octanol–water partition coefficient (Wildman–Crippen LogP) is 3.45. The number of hydrogen-bond acceptors (Lipinski definition) is 4. The van der Waals surface area contributed by atoms with Gasteiger partial charge in [-0.3, -0.25) is 0 Å². The van der Waals surface area contributed by atoms with E-state index in [4.69, 9.17) is 0 Å². The first-order chi connectivity index (χ1) is 12.8. The third-order valence-corrected chi connectivity index (χ3v) is 4.83. The molecule has 0 atom stereocenters. The van der Waals surface area contributed by atoms with Gasteiger partial charge in [0.05, 0.1) is 35.4 Å². The summed E-state index contributed by atoms with van der Waals surface area (Å²) in [7, 11) is 0. The van der Waals surface area contributed by atoms with Crippen molar-refractivity contribution in [1.29, 1.82) is 0 Å². The van der Waals surface area contributed by atoms with Gasteiger partial charge in [-0.05, 0) is 43.2 Å². The first kappa shape index (κ1) is 16.7. The van der Waals surface area contributed by atoms with Crippen LogP contribution >= 0.6 is 0 Å². The van der Waals surface area contributed by atoms with Crippen LogP contribution in [0.15, 0.2) is 66.9 Å². The quantitative estimate of drug-likeness (QED) is 0.742. The Balaban J connectivity index is 1.45. The van der Waals surface area contributed by atoms with Crippen molar-refractivity contribution in [2.45, 2.75) is 25.5 Å². The van der Waals surface area contributed by atoms with Crippen LogP contribution in [0.1, 0.15) is 18.5 Å². The topological polar surface area (TPSA) is 53.3 Å². The number of aliphatic hydroxyl groups excluding tert-OH is 1. The molecule has 0 aliphatic carbocycles. The molecule has 0 spiro atoms. The number of aliphatic hydroxyl groups is 1. The number of aromatic nitrogens is 2. The third-order valence-electron chi connectivity index (χ3n) is 4.83. The van der Waals surface area contributed by atoms with Gasteiger partial charge in [-0.25, -0.2) is 4.68 Å². The molecule has 4 rings (SSSR count). The zero-order valence-electron chi connectivity index (χ0n) is 14.8. The molecule has 5 heteroatoms. The molecule has 26 heavy (non-hydrogen) atoms. The van der Waals surface area contributed by atoms with Crippen LogP contribution in [0.2, 0.25) is 0 Å². The molecule has 2 N–H and O–H groups in total. The van der Waals surface area contributed by atoms with E-state index >= 15 is 0 Å². The number of anilines is 2. The Kier molecular flexibility index (Phi) is 4.88. The molecular formula is C21H24N4O. The summed E-state index contributed by atoms with van der Waals surface area (Å²) < 4.78 is 1.90. The summed E-state index contributed by atoms with van der Waals surface area (Å²) in [6.07, 6.45) is 3.49. The SMILES string of the molecule is OC1CCN(c2ccccc2NCc2ccn(-c3ccccc3)n2)CC1. The Morgan fingerprint density at radius 1 is 0.962 bits per heavy atom. The summed E-state index contributed by atoms with van der Waals surface area (Å²) in [5.41, 5.74) is 4.36. The number of nitrogens with zero attached hydrogens (tertiary/aromatic N) is 3. The molecule has 2 aromatic carbocycles.